The van der Waals surface area contributed by atoms with Gasteiger partial charge in [0.1, 0.15) is 5.75 Å². The average molecular weight is 273 g/mol. The highest BCUT2D eigenvalue weighted by atomic mass is 16.5. The van der Waals surface area contributed by atoms with E-state index in [2.05, 4.69) is 10.4 Å². The van der Waals surface area contributed by atoms with Crippen molar-refractivity contribution in [1.29, 1.82) is 0 Å². The van der Waals surface area contributed by atoms with E-state index >= 15 is 0 Å². The molecule has 2 aromatic rings. The van der Waals surface area contributed by atoms with E-state index in [-0.39, 0.29) is 5.91 Å². The van der Waals surface area contributed by atoms with Crippen molar-refractivity contribution in [1.82, 2.24) is 15.1 Å². The Balaban J connectivity index is 1.72. The quantitative estimate of drug-likeness (QED) is 0.834. The molecular weight excluding hydrogens is 254 g/mol. The van der Waals surface area contributed by atoms with Gasteiger partial charge in [-0.05, 0) is 24.1 Å². The number of benzene rings is 1. The molecule has 0 atom stereocenters. The molecule has 1 aromatic heterocycles. The summed E-state index contributed by atoms with van der Waals surface area (Å²) in [7, 11) is 1.64. The zero-order valence-corrected chi connectivity index (χ0v) is 11.6. The number of aromatic nitrogens is 2. The highest BCUT2D eigenvalue weighted by molar-refractivity contribution is 5.76. The fourth-order valence-electron chi connectivity index (χ4n) is 1.99. The number of methoxy groups -OCH3 is 1. The summed E-state index contributed by atoms with van der Waals surface area (Å²) in [5.41, 5.74) is 1.05. The summed E-state index contributed by atoms with van der Waals surface area (Å²) in [5.74, 6) is 0.875. The molecule has 2 rings (SSSR count). The minimum absolute atomic E-state index is 0.0445. The minimum Gasteiger partial charge on any atom is -0.496 e. The average Bonchev–Trinajstić information content (AvgIpc) is 2.98. The predicted molar refractivity (Wildman–Crippen MR) is 76.6 cm³/mol. The van der Waals surface area contributed by atoms with E-state index in [1.54, 1.807) is 18.0 Å². The second kappa shape index (κ2) is 7.33. The van der Waals surface area contributed by atoms with Gasteiger partial charge < -0.3 is 10.1 Å². The third-order valence-corrected chi connectivity index (χ3v) is 3.04. The molecule has 1 heterocycles. The van der Waals surface area contributed by atoms with Crippen LogP contribution in [0.2, 0.25) is 0 Å². The van der Waals surface area contributed by atoms with Crippen molar-refractivity contribution in [2.75, 3.05) is 13.7 Å². The van der Waals surface area contributed by atoms with E-state index < -0.39 is 0 Å². The molecule has 0 spiro atoms. The minimum atomic E-state index is 0.0445. The van der Waals surface area contributed by atoms with Gasteiger partial charge in [0.25, 0.3) is 0 Å². The van der Waals surface area contributed by atoms with Crippen LogP contribution in [0.4, 0.5) is 0 Å². The number of ether oxygens (including phenoxy) is 1. The number of hydrogen-bond donors (Lipinski definition) is 1. The highest BCUT2D eigenvalue weighted by Gasteiger charge is 2.05. The van der Waals surface area contributed by atoms with Crippen molar-refractivity contribution in [2.45, 2.75) is 19.4 Å². The summed E-state index contributed by atoms with van der Waals surface area (Å²) >= 11 is 0. The van der Waals surface area contributed by atoms with Gasteiger partial charge in [-0.2, -0.15) is 5.10 Å². The van der Waals surface area contributed by atoms with Crippen LogP contribution in [0, 0.1) is 0 Å². The smallest absolute Gasteiger partial charge is 0.220 e. The molecule has 0 aliphatic rings. The molecule has 1 amide bonds. The molecule has 5 heteroatoms. The summed E-state index contributed by atoms with van der Waals surface area (Å²) in [4.78, 5) is 11.8. The van der Waals surface area contributed by atoms with Gasteiger partial charge in [0.05, 0.1) is 13.7 Å². The number of aryl methyl sites for hydroxylation is 1. The van der Waals surface area contributed by atoms with Gasteiger partial charge in [-0.15, -0.1) is 0 Å². The monoisotopic (exact) mass is 273 g/mol. The second-order valence-electron chi connectivity index (χ2n) is 4.43. The molecule has 1 aromatic carbocycles. The predicted octanol–water partition coefficient (Wildman–Crippen LogP) is 1.64. The number of nitrogens with one attached hydrogen (secondary N) is 1. The number of para-hydroxylation sites is 1. The molecule has 5 nitrogen and oxygen atoms in total. The van der Waals surface area contributed by atoms with E-state index in [1.165, 1.54) is 0 Å². The van der Waals surface area contributed by atoms with Gasteiger partial charge in [-0.25, -0.2) is 0 Å². The topological polar surface area (TPSA) is 56.1 Å². The number of amides is 1. The summed E-state index contributed by atoms with van der Waals surface area (Å²) < 4.78 is 7.06. The van der Waals surface area contributed by atoms with Crippen LogP contribution in [0.15, 0.2) is 42.7 Å². The van der Waals surface area contributed by atoms with Crippen molar-refractivity contribution in [2.24, 2.45) is 0 Å². The SMILES string of the molecule is COc1ccccc1CCC(=O)NCCn1cccn1. The molecule has 1 N–H and O–H groups in total. The normalized spacial score (nSPS) is 10.2. The van der Waals surface area contributed by atoms with Gasteiger partial charge in [-0.1, -0.05) is 18.2 Å². The van der Waals surface area contributed by atoms with Crippen molar-refractivity contribution >= 4 is 5.91 Å². The largest absolute Gasteiger partial charge is 0.496 e. The van der Waals surface area contributed by atoms with Crippen LogP contribution in [0.25, 0.3) is 0 Å². The van der Waals surface area contributed by atoms with Crippen LogP contribution in [0.5, 0.6) is 5.75 Å². The van der Waals surface area contributed by atoms with Crippen molar-refractivity contribution in [3.05, 3.63) is 48.3 Å². The molecule has 0 radical (unpaired) electrons. The fraction of sp³-hybridized carbons (Fsp3) is 0.333. The van der Waals surface area contributed by atoms with E-state index in [4.69, 9.17) is 4.74 Å². The Morgan fingerprint density at radius 3 is 2.95 bits per heavy atom. The number of hydrogen-bond acceptors (Lipinski definition) is 3. The number of rotatable bonds is 7. The molecule has 0 saturated heterocycles. The Kier molecular flexibility index (Phi) is 5.17. The Morgan fingerprint density at radius 2 is 2.20 bits per heavy atom. The van der Waals surface area contributed by atoms with Crippen LogP contribution >= 0.6 is 0 Å². The van der Waals surface area contributed by atoms with Crippen LogP contribution in [0.1, 0.15) is 12.0 Å². The Bertz CT molecular complexity index is 538. The highest BCUT2D eigenvalue weighted by Crippen LogP contribution is 2.18. The zero-order valence-electron chi connectivity index (χ0n) is 11.6. The van der Waals surface area contributed by atoms with Gasteiger partial charge in [0, 0.05) is 25.4 Å². The lowest BCUT2D eigenvalue weighted by Gasteiger charge is -2.08. The Hall–Kier alpha value is -2.30. The van der Waals surface area contributed by atoms with Crippen LogP contribution in [-0.2, 0) is 17.8 Å². The molecule has 20 heavy (non-hydrogen) atoms. The van der Waals surface area contributed by atoms with Crippen molar-refractivity contribution in [3.8, 4) is 5.75 Å². The fourth-order valence-corrected chi connectivity index (χ4v) is 1.99. The number of carbonyl (C=O) groups excluding carboxylic acids is 1. The molecule has 0 aliphatic carbocycles. The standard InChI is InChI=1S/C15H19N3O2/c1-20-14-6-3-2-5-13(14)7-8-15(19)16-10-12-18-11-4-9-17-18/h2-6,9,11H,7-8,10,12H2,1H3,(H,16,19). The summed E-state index contributed by atoms with van der Waals surface area (Å²) in [6.07, 6.45) is 4.74. The van der Waals surface area contributed by atoms with E-state index in [9.17, 15) is 4.79 Å². The number of carbonyl (C=O) groups is 1. The molecule has 106 valence electrons. The summed E-state index contributed by atoms with van der Waals surface area (Å²) in [6, 6.07) is 9.63. The summed E-state index contributed by atoms with van der Waals surface area (Å²) in [5, 5.41) is 6.97. The van der Waals surface area contributed by atoms with Crippen molar-refractivity contribution < 1.29 is 9.53 Å². The second-order valence-corrected chi connectivity index (χ2v) is 4.43. The maximum atomic E-state index is 11.8. The first-order valence-corrected chi connectivity index (χ1v) is 6.65. The van der Waals surface area contributed by atoms with Gasteiger partial charge in [0.15, 0.2) is 0 Å². The van der Waals surface area contributed by atoms with Crippen LogP contribution in [0.3, 0.4) is 0 Å². The van der Waals surface area contributed by atoms with Gasteiger partial charge in [0.2, 0.25) is 5.91 Å². The van der Waals surface area contributed by atoms with E-state index in [0.717, 1.165) is 11.3 Å². The third kappa shape index (κ3) is 4.12. The molecule has 0 unspecified atom stereocenters. The maximum absolute atomic E-state index is 11.8. The molecule has 0 fully saturated rings. The first-order chi connectivity index (χ1) is 9.79. The lowest BCUT2D eigenvalue weighted by Crippen LogP contribution is -2.27. The Labute approximate surface area is 118 Å². The molecule has 0 bridgehead atoms. The zero-order chi connectivity index (χ0) is 14.2. The van der Waals surface area contributed by atoms with Crippen LogP contribution in [-0.4, -0.2) is 29.3 Å². The number of nitrogens with zero attached hydrogens (tertiary/aromatic N) is 2. The van der Waals surface area contributed by atoms with Crippen LogP contribution < -0.4 is 10.1 Å². The lowest BCUT2D eigenvalue weighted by atomic mass is 10.1. The maximum Gasteiger partial charge on any atom is 0.220 e. The summed E-state index contributed by atoms with van der Waals surface area (Å²) in [6.45, 7) is 1.28. The van der Waals surface area contributed by atoms with E-state index in [1.807, 2.05) is 36.5 Å². The third-order valence-electron chi connectivity index (χ3n) is 3.04. The Morgan fingerprint density at radius 1 is 1.35 bits per heavy atom. The molecule has 0 aliphatic heterocycles. The van der Waals surface area contributed by atoms with Crippen molar-refractivity contribution in [3.63, 3.8) is 0 Å². The van der Waals surface area contributed by atoms with Gasteiger partial charge >= 0.3 is 0 Å². The molecular formula is C15H19N3O2. The first-order valence-electron chi connectivity index (χ1n) is 6.65. The van der Waals surface area contributed by atoms with Gasteiger partial charge in [-0.3, -0.25) is 9.48 Å². The first kappa shape index (κ1) is 14.1. The lowest BCUT2D eigenvalue weighted by molar-refractivity contribution is -0.121. The van der Waals surface area contributed by atoms with E-state index in [0.29, 0.717) is 25.9 Å². The molecule has 0 saturated carbocycles.